The molecule has 0 spiro atoms. The molecule has 0 aliphatic heterocycles. The van der Waals surface area contributed by atoms with Gasteiger partial charge in [-0.2, -0.15) is 0 Å². The molecule has 0 aliphatic rings. The van der Waals surface area contributed by atoms with E-state index in [1.54, 1.807) is 0 Å². The first-order valence-electron chi connectivity index (χ1n) is 5.37. The first-order valence-corrected chi connectivity index (χ1v) is 5.37. The number of hydrogen-bond donors (Lipinski definition) is 2. The van der Waals surface area contributed by atoms with Gasteiger partial charge in [0.25, 0.3) is 0 Å². The van der Waals surface area contributed by atoms with Crippen LogP contribution in [0.2, 0.25) is 0 Å². The highest BCUT2D eigenvalue weighted by molar-refractivity contribution is 5.68. The van der Waals surface area contributed by atoms with Crippen molar-refractivity contribution in [1.82, 2.24) is 0 Å². The number of nitrogens with two attached hydrogens (primary N) is 1. The molecule has 0 amide bonds. The monoisotopic (exact) mass is 268 g/mol. The Hall–Kier alpha value is -2.37. The van der Waals surface area contributed by atoms with Crippen LogP contribution in [0.3, 0.4) is 0 Å². The van der Waals surface area contributed by atoms with Crippen molar-refractivity contribution < 1.29 is 17.9 Å². The first-order chi connectivity index (χ1) is 9.02. The number of rotatable bonds is 3. The second-order valence-electron chi connectivity index (χ2n) is 3.80. The summed E-state index contributed by atoms with van der Waals surface area (Å²) in [5.74, 6) is -2.17. The average Bonchev–Trinajstić information content (AvgIpc) is 2.36. The van der Waals surface area contributed by atoms with E-state index in [0.29, 0.717) is 0 Å². The normalized spacial score (nSPS) is 10.3. The standard InChI is InChI=1S/C13H11F3N2O/c1-19-12-6-11(9(16)5-10(12)17)18-13-7(14)3-2-4-8(13)15/h2-6,18H,17H2,1H3. The summed E-state index contributed by atoms with van der Waals surface area (Å²) >= 11 is 0. The Kier molecular flexibility index (Phi) is 3.50. The molecule has 0 fully saturated rings. The quantitative estimate of drug-likeness (QED) is 0.838. The Morgan fingerprint density at radius 2 is 1.68 bits per heavy atom. The Morgan fingerprint density at radius 3 is 2.26 bits per heavy atom. The number of hydrogen-bond acceptors (Lipinski definition) is 3. The van der Waals surface area contributed by atoms with Crippen LogP contribution >= 0.6 is 0 Å². The van der Waals surface area contributed by atoms with Crippen LogP contribution in [0.4, 0.5) is 30.2 Å². The molecule has 0 bridgehead atoms. The molecule has 3 N–H and O–H groups in total. The minimum Gasteiger partial charge on any atom is -0.495 e. The van der Waals surface area contributed by atoms with E-state index >= 15 is 0 Å². The number of nitrogen functional groups attached to an aromatic ring is 1. The predicted molar refractivity (Wildman–Crippen MR) is 67.0 cm³/mol. The number of ether oxygens (including phenoxy) is 1. The minimum atomic E-state index is -0.824. The summed E-state index contributed by atoms with van der Waals surface area (Å²) in [6, 6.07) is 5.60. The summed E-state index contributed by atoms with van der Waals surface area (Å²) in [5, 5.41) is 2.35. The Morgan fingerprint density at radius 1 is 1.05 bits per heavy atom. The van der Waals surface area contributed by atoms with Gasteiger partial charge < -0.3 is 15.8 Å². The zero-order valence-electron chi connectivity index (χ0n) is 10.0. The van der Waals surface area contributed by atoms with Gasteiger partial charge in [0.2, 0.25) is 0 Å². The van der Waals surface area contributed by atoms with Crippen LogP contribution in [0, 0.1) is 17.5 Å². The molecule has 0 unspecified atom stereocenters. The van der Waals surface area contributed by atoms with Crippen molar-refractivity contribution in [3.63, 3.8) is 0 Å². The van der Waals surface area contributed by atoms with Gasteiger partial charge in [-0.25, -0.2) is 13.2 Å². The van der Waals surface area contributed by atoms with Crippen molar-refractivity contribution in [2.24, 2.45) is 0 Å². The molecule has 0 aliphatic carbocycles. The molecule has 19 heavy (non-hydrogen) atoms. The second kappa shape index (κ2) is 5.09. The lowest BCUT2D eigenvalue weighted by Gasteiger charge is -2.12. The van der Waals surface area contributed by atoms with Crippen LogP contribution < -0.4 is 15.8 Å². The molecule has 3 nitrogen and oxygen atoms in total. The van der Waals surface area contributed by atoms with Crippen molar-refractivity contribution in [3.8, 4) is 5.75 Å². The van der Waals surface area contributed by atoms with Gasteiger partial charge in [-0.05, 0) is 12.1 Å². The Labute approximate surface area is 107 Å². The summed E-state index contributed by atoms with van der Waals surface area (Å²) < 4.78 is 45.5. The average molecular weight is 268 g/mol. The SMILES string of the molecule is COc1cc(Nc2c(F)cccc2F)c(F)cc1N. The van der Waals surface area contributed by atoms with Gasteiger partial charge in [0.15, 0.2) is 0 Å². The van der Waals surface area contributed by atoms with E-state index in [1.807, 2.05) is 0 Å². The Bertz CT molecular complexity index is 597. The minimum absolute atomic E-state index is 0.0968. The molecule has 100 valence electrons. The maximum atomic E-state index is 13.7. The van der Waals surface area contributed by atoms with Gasteiger partial charge in [-0.15, -0.1) is 0 Å². The third kappa shape index (κ3) is 2.57. The highest BCUT2D eigenvalue weighted by Gasteiger charge is 2.13. The van der Waals surface area contributed by atoms with E-state index in [9.17, 15) is 13.2 Å². The molecule has 2 aromatic carbocycles. The lowest BCUT2D eigenvalue weighted by Crippen LogP contribution is -2.01. The van der Waals surface area contributed by atoms with Crippen LogP contribution in [-0.4, -0.2) is 7.11 Å². The van der Waals surface area contributed by atoms with Gasteiger partial charge in [0.1, 0.15) is 28.9 Å². The molecule has 0 radical (unpaired) electrons. The van der Waals surface area contributed by atoms with Gasteiger partial charge in [0.05, 0.1) is 18.5 Å². The molecule has 0 saturated carbocycles. The fraction of sp³-hybridized carbons (Fsp3) is 0.0769. The zero-order chi connectivity index (χ0) is 14.0. The topological polar surface area (TPSA) is 47.3 Å². The fourth-order valence-electron chi connectivity index (χ4n) is 1.59. The molecule has 0 saturated heterocycles. The molecule has 0 heterocycles. The number of methoxy groups -OCH3 is 1. The highest BCUT2D eigenvalue weighted by Crippen LogP contribution is 2.31. The predicted octanol–water partition coefficient (Wildman–Crippen LogP) is 3.44. The van der Waals surface area contributed by atoms with Crippen molar-refractivity contribution in [2.75, 3.05) is 18.2 Å². The van der Waals surface area contributed by atoms with Gasteiger partial charge in [0, 0.05) is 12.1 Å². The highest BCUT2D eigenvalue weighted by atomic mass is 19.1. The molecule has 6 heteroatoms. The number of para-hydroxylation sites is 1. The number of halogens is 3. The molecule has 2 aromatic rings. The number of nitrogens with one attached hydrogen (secondary N) is 1. The van der Waals surface area contributed by atoms with Crippen LogP contribution in [-0.2, 0) is 0 Å². The maximum Gasteiger partial charge on any atom is 0.149 e. The summed E-state index contributed by atoms with van der Waals surface area (Å²) in [6.07, 6.45) is 0. The number of benzene rings is 2. The number of anilines is 3. The van der Waals surface area contributed by atoms with Crippen molar-refractivity contribution in [1.29, 1.82) is 0 Å². The summed E-state index contributed by atoms with van der Waals surface area (Å²) in [5.41, 5.74) is 5.04. The summed E-state index contributed by atoms with van der Waals surface area (Å²) in [4.78, 5) is 0. The lowest BCUT2D eigenvalue weighted by atomic mass is 10.2. The van der Waals surface area contributed by atoms with Crippen molar-refractivity contribution >= 4 is 17.1 Å². The molecule has 2 rings (SSSR count). The van der Waals surface area contributed by atoms with Crippen molar-refractivity contribution in [2.45, 2.75) is 0 Å². The van der Waals surface area contributed by atoms with Gasteiger partial charge in [-0.1, -0.05) is 6.07 Å². The van der Waals surface area contributed by atoms with E-state index in [-0.39, 0.29) is 17.1 Å². The largest absolute Gasteiger partial charge is 0.495 e. The third-order valence-electron chi connectivity index (χ3n) is 2.54. The first kappa shape index (κ1) is 13.1. The van der Waals surface area contributed by atoms with E-state index < -0.39 is 23.1 Å². The van der Waals surface area contributed by atoms with Crippen LogP contribution in [0.15, 0.2) is 30.3 Å². The van der Waals surface area contributed by atoms with Gasteiger partial charge in [-0.3, -0.25) is 0 Å². The van der Waals surface area contributed by atoms with Crippen molar-refractivity contribution in [3.05, 3.63) is 47.8 Å². The summed E-state index contributed by atoms with van der Waals surface area (Å²) in [6.45, 7) is 0. The fourth-order valence-corrected chi connectivity index (χ4v) is 1.59. The summed E-state index contributed by atoms with van der Waals surface area (Å²) in [7, 11) is 1.36. The van der Waals surface area contributed by atoms with E-state index in [1.165, 1.54) is 19.2 Å². The van der Waals surface area contributed by atoms with E-state index in [4.69, 9.17) is 10.5 Å². The molecular weight excluding hydrogens is 257 g/mol. The lowest BCUT2D eigenvalue weighted by molar-refractivity contribution is 0.416. The van der Waals surface area contributed by atoms with E-state index in [0.717, 1.165) is 18.2 Å². The van der Waals surface area contributed by atoms with E-state index in [2.05, 4.69) is 5.32 Å². The van der Waals surface area contributed by atoms with Gasteiger partial charge >= 0.3 is 0 Å². The van der Waals surface area contributed by atoms with Crippen LogP contribution in [0.25, 0.3) is 0 Å². The molecular formula is C13H11F3N2O. The maximum absolute atomic E-state index is 13.7. The van der Waals surface area contributed by atoms with Crippen LogP contribution in [0.1, 0.15) is 0 Å². The van der Waals surface area contributed by atoms with Crippen LogP contribution in [0.5, 0.6) is 5.75 Å². The molecule has 0 aromatic heterocycles. The third-order valence-corrected chi connectivity index (χ3v) is 2.54. The second-order valence-corrected chi connectivity index (χ2v) is 3.80. The molecule has 0 atom stereocenters. The Balaban J connectivity index is 2.44. The smallest absolute Gasteiger partial charge is 0.149 e. The zero-order valence-corrected chi connectivity index (χ0v) is 10.0.